The number of carbonyl (C=O) groups is 2. The summed E-state index contributed by atoms with van der Waals surface area (Å²) in [6.07, 6.45) is 2.98. The number of nitrogens with zero attached hydrogens (tertiary/aromatic N) is 3. The average Bonchev–Trinajstić information content (AvgIpc) is 3.07. The quantitative estimate of drug-likeness (QED) is 0.197. The van der Waals surface area contributed by atoms with E-state index < -0.39 is 17.8 Å². The molecule has 236 valence electrons. The number of amides is 2. The molecule has 3 aromatic carbocycles. The number of likely N-dealkylation sites (N-methyl/N-ethyl adjacent to an activating group) is 1. The van der Waals surface area contributed by atoms with E-state index >= 15 is 0 Å². The first kappa shape index (κ1) is 31.7. The molecule has 2 amide bonds. The highest BCUT2D eigenvalue weighted by Gasteiger charge is 2.25. The number of nitrogens with one attached hydrogen (secondary N) is 2. The van der Waals surface area contributed by atoms with Gasteiger partial charge in [0, 0.05) is 44.5 Å². The second-order valence-corrected chi connectivity index (χ2v) is 10.8. The summed E-state index contributed by atoms with van der Waals surface area (Å²) in [5.41, 5.74) is 3.74. The van der Waals surface area contributed by atoms with Gasteiger partial charge in [-0.05, 0) is 53.4 Å². The summed E-state index contributed by atoms with van der Waals surface area (Å²) >= 11 is 0. The first-order valence-corrected chi connectivity index (χ1v) is 14.7. The third kappa shape index (κ3) is 8.06. The third-order valence-electron chi connectivity index (χ3n) is 7.52. The maximum atomic E-state index is 13.7. The monoisotopic (exact) mass is 621 g/mol. The van der Waals surface area contributed by atoms with Crippen LogP contribution in [0.5, 0.6) is 5.75 Å². The molecule has 1 atom stereocenters. The van der Waals surface area contributed by atoms with E-state index in [9.17, 15) is 14.4 Å². The summed E-state index contributed by atoms with van der Waals surface area (Å²) in [7, 11) is 3.32. The van der Waals surface area contributed by atoms with Crippen molar-refractivity contribution in [2.75, 3.05) is 19.5 Å². The Kier molecular flexibility index (Phi) is 10.2. The largest absolute Gasteiger partial charge is 0.497 e. The number of rotatable bonds is 12. The van der Waals surface area contributed by atoms with E-state index in [0.29, 0.717) is 35.4 Å². The second kappa shape index (κ2) is 14.8. The van der Waals surface area contributed by atoms with E-state index in [-0.39, 0.29) is 30.5 Å². The van der Waals surface area contributed by atoms with Gasteiger partial charge in [-0.2, -0.15) is 4.98 Å². The van der Waals surface area contributed by atoms with Crippen LogP contribution in [-0.4, -0.2) is 47.1 Å². The molecule has 5 aromatic rings. The summed E-state index contributed by atoms with van der Waals surface area (Å²) in [5, 5.41) is 6.07. The van der Waals surface area contributed by atoms with Crippen LogP contribution in [0, 0.1) is 6.92 Å². The highest BCUT2D eigenvalue weighted by atomic mass is 16.5. The van der Waals surface area contributed by atoms with Crippen LogP contribution in [0.1, 0.15) is 27.8 Å². The van der Waals surface area contributed by atoms with Gasteiger partial charge in [-0.15, -0.1) is 0 Å². The van der Waals surface area contributed by atoms with Crippen molar-refractivity contribution in [3.63, 3.8) is 0 Å². The number of alkyl carbamates (subject to hydrolysis) is 1. The Labute approximate surface area is 266 Å². The van der Waals surface area contributed by atoms with E-state index in [2.05, 4.69) is 20.6 Å². The van der Waals surface area contributed by atoms with Crippen molar-refractivity contribution in [2.24, 2.45) is 0 Å². The van der Waals surface area contributed by atoms with Crippen molar-refractivity contribution in [1.29, 1.82) is 0 Å². The van der Waals surface area contributed by atoms with E-state index in [1.807, 2.05) is 60.7 Å². The van der Waals surface area contributed by atoms with Crippen LogP contribution in [0.25, 0.3) is 10.9 Å². The summed E-state index contributed by atoms with van der Waals surface area (Å²) in [6, 6.07) is 23.3. The van der Waals surface area contributed by atoms with Gasteiger partial charge >= 0.3 is 11.7 Å². The number of hydrogen-bond acceptors (Lipinski definition) is 9. The first-order chi connectivity index (χ1) is 22.3. The number of ether oxygens (including phenoxy) is 2. The van der Waals surface area contributed by atoms with Crippen molar-refractivity contribution < 1.29 is 23.5 Å². The number of fused-ring (bicyclic) bond motifs is 1. The lowest BCUT2D eigenvalue weighted by Gasteiger charge is -2.25. The molecule has 2 N–H and O–H groups in total. The van der Waals surface area contributed by atoms with E-state index in [1.54, 1.807) is 56.6 Å². The van der Waals surface area contributed by atoms with Crippen LogP contribution in [0.2, 0.25) is 0 Å². The van der Waals surface area contributed by atoms with Crippen molar-refractivity contribution in [3.05, 3.63) is 129 Å². The first-order valence-electron chi connectivity index (χ1n) is 14.7. The summed E-state index contributed by atoms with van der Waals surface area (Å²) in [4.78, 5) is 49.4. The number of hydrogen-bond donors (Lipinski definition) is 2. The van der Waals surface area contributed by atoms with Crippen LogP contribution < -0.4 is 21.0 Å². The number of aryl methyl sites for hydroxylation is 1. The zero-order valence-corrected chi connectivity index (χ0v) is 25.9. The molecule has 0 spiro atoms. The SMILES string of the molecule is COc1ccc(CC(Nc2nc3ccc(CNC(=O)OCc4cccnc4)c(C)c3c(=O)o2)C(=O)N(C)Cc2ccccc2)cc1. The van der Waals surface area contributed by atoms with Gasteiger partial charge in [0.05, 0.1) is 18.0 Å². The summed E-state index contributed by atoms with van der Waals surface area (Å²) in [5.74, 6) is 0.506. The summed E-state index contributed by atoms with van der Waals surface area (Å²) in [6.45, 7) is 2.39. The van der Waals surface area contributed by atoms with Gasteiger partial charge < -0.3 is 29.4 Å². The molecule has 11 heteroatoms. The van der Waals surface area contributed by atoms with Gasteiger partial charge in [0.15, 0.2) is 0 Å². The fraction of sp³-hybridized carbons (Fsp3) is 0.229. The molecule has 0 saturated heterocycles. The zero-order valence-electron chi connectivity index (χ0n) is 25.9. The van der Waals surface area contributed by atoms with Gasteiger partial charge in [-0.25, -0.2) is 9.59 Å². The van der Waals surface area contributed by atoms with Crippen LogP contribution >= 0.6 is 0 Å². The number of anilines is 1. The van der Waals surface area contributed by atoms with Crippen LogP contribution in [0.4, 0.5) is 10.8 Å². The number of methoxy groups -OCH3 is 1. The maximum absolute atomic E-state index is 13.7. The van der Waals surface area contributed by atoms with Gasteiger partial charge in [0.1, 0.15) is 18.4 Å². The standard InChI is InChI=1S/C35H35N5O6/c1-23-27(20-37-35(43)45-22-26-10-7-17-36-19-26)13-16-29-31(23)33(42)46-34(38-29)39-30(18-24-11-14-28(44-3)15-12-24)32(41)40(2)21-25-8-5-4-6-9-25/h4-17,19,30H,18,20-22H2,1-3H3,(H,37,43)(H,38,39). The maximum Gasteiger partial charge on any atom is 0.407 e. The molecule has 2 aromatic heterocycles. The average molecular weight is 622 g/mol. The molecule has 0 aliphatic heterocycles. The Hall–Kier alpha value is -5.71. The molecule has 1 unspecified atom stereocenters. The van der Waals surface area contributed by atoms with Gasteiger partial charge in [0.2, 0.25) is 5.91 Å². The molecule has 0 bridgehead atoms. The second-order valence-electron chi connectivity index (χ2n) is 10.8. The fourth-order valence-corrected chi connectivity index (χ4v) is 5.01. The fourth-order valence-electron chi connectivity index (χ4n) is 5.01. The van der Waals surface area contributed by atoms with Gasteiger partial charge in [-0.1, -0.05) is 54.6 Å². The third-order valence-corrected chi connectivity index (χ3v) is 7.52. The minimum absolute atomic E-state index is 0.0678. The van der Waals surface area contributed by atoms with Crippen LogP contribution in [0.15, 0.2) is 100 Å². The molecule has 11 nitrogen and oxygen atoms in total. The Bertz CT molecular complexity index is 1850. The highest BCUT2D eigenvalue weighted by molar-refractivity contribution is 5.86. The Balaban J connectivity index is 1.33. The smallest absolute Gasteiger partial charge is 0.407 e. The molecule has 0 fully saturated rings. The lowest BCUT2D eigenvalue weighted by Crippen LogP contribution is -2.42. The van der Waals surface area contributed by atoms with Gasteiger partial charge in [-0.3, -0.25) is 9.78 Å². The summed E-state index contributed by atoms with van der Waals surface area (Å²) < 4.78 is 16.1. The number of pyridine rings is 1. The minimum Gasteiger partial charge on any atom is -0.497 e. The zero-order chi connectivity index (χ0) is 32.5. The Morgan fingerprint density at radius 3 is 2.43 bits per heavy atom. The van der Waals surface area contributed by atoms with Gasteiger partial charge in [0.25, 0.3) is 6.01 Å². The predicted molar refractivity (Wildman–Crippen MR) is 173 cm³/mol. The molecule has 0 aliphatic rings. The van der Waals surface area contributed by atoms with Crippen LogP contribution in [0.3, 0.4) is 0 Å². The number of benzene rings is 3. The topological polar surface area (TPSA) is 136 Å². The molecule has 2 heterocycles. The van der Waals surface area contributed by atoms with Crippen molar-refractivity contribution in [2.45, 2.75) is 39.1 Å². The molecule has 0 aliphatic carbocycles. The number of aromatic nitrogens is 2. The van der Waals surface area contributed by atoms with E-state index in [1.165, 1.54) is 0 Å². The number of carbonyl (C=O) groups excluding carboxylic acids is 2. The minimum atomic E-state index is -0.780. The lowest BCUT2D eigenvalue weighted by atomic mass is 10.0. The Morgan fingerprint density at radius 2 is 1.72 bits per heavy atom. The Morgan fingerprint density at radius 1 is 0.957 bits per heavy atom. The predicted octanol–water partition coefficient (Wildman–Crippen LogP) is 5.01. The highest BCUT2D eigenvalue weighted by Crippen LogP contribution is 2.21. The molecular weight excluding hydrogens is 586 g/mol. The lowest BCUT2D eigenvalue weighted by molar-refractivity contribution is -0.131. The molecule has 5 rings (SSSR count). The normalized spacial score (nSPS) is 11.5. The van der Waals surface area contributed by atoms with Crippen LogP contribution in [-0.2, 0) is 35.6 Å². The molecule has 0 radical (unpaired) electrons. The molecular formula is C35H35N5O6. The van der Waals surface area contributed by atoms with Crippen molar-refractivity contribution >= 4 is 28.9 Å². The molecule has 0 saturated carbocycles. The van der Waals surface area contributed by atoms with E-state index in [4.69, 9.17) is 13.9 Å². The molecule has 46 heavy (non-hydrogen) atoms. The van der Waals surface area contributed by atoms with Crippen molar-refractivity contribution in [3.8, 4) is 5.75 Å². The van der Waals surface area contributed by atoms with E-state index in [0.717, 1.165) is 16.7 Å². The van der Waals surface area contributed by atoms with Crippen molar-refractivity contribution in [1.82, 2.24) is 20.2 Å².